The second kappa shape index (κ2) is 6.53. The van der Waals surface area contributed by atoms with Gasteiger partial charge in [0.2, 0.25) is 0 Å². The summed E-state index contributed by atoms with van der Waals surface area (Å²) >= 11 is 0. The Morgan fingerprint density at radius 1 is 0.667 bits per heavy atom. The Hall–Kier alpha value is -2.87. The predicted octanol–water partition coefficient (Wildman–Crippen LogP) is 5.23. The van der Waals surface area contributed by atoms with Crippen LogP contribution in [0.1, 0.15) is 5.56 Å². The first-order valence-corrected chi connectivity index (χ1v) is 6.82. The van der Waals surface area contributed by atoms with E-state index in [0.29, 0.717) is 0 Å². The van der Waals surface area contributed by atoms with E-state index in [9.17, 15) is 0 Å². The Labute approximate surface area is 124 Å². The number of ether oxygens (including phenoxy) is 1. The van der Waals surface area contributed by atoms with Crippen molar-refractivity contribution in [2.75, 3.05) is 0 Å². The average molecular weight is 273 g/mol. The molecular formula is C19H15NO. The first-order chi connectivity index (χ1) is 10.4. The van der Waals surface area contributed by atoms with Crippen molar-refractivity contribution in [1.29, 1.82) is 0 Å². The largest absolute Gasteiger partial charge is 0.457 e. The van der Waals surface area contributed by atoms with Gasteiger partial charge in [-0.3, -0.25) is 4.99 Å². The topological polar surface area (TPSA) is 21.6 Å². The third-order valence-corrected chi connectivity index (χ3v) is 2.96. The molecule has 0 amide bonds. The number of nitrogens with zero attached hydrogens (tertiary/aromatic N) is 1. The molecule has 0 heterocycles. The highest BCUT2D eigenvalue weighted by Gasteiger charge is 1.97. The van der Waals surface area contributed by atoms with Crippen LogP contribution in [0.4, 0.5) is 5.69 Å². The van der Waals surface area contributed by atoms with Crippen LogP contribution in [-0.2, 0) is 0 Å². The van der Waals surface area contributed by atoms with Gasteiger partial charge in [0.05, 0.1) is 5.69 Å². The first kappa shape index (κ1) is 13.1. The lowest BCUT2D eigenvalue weighted by molar-refractivity contribution is 0.482. The first-order valence-electron chi connectivity index (χ1n) is 6.82. The molecule has 0 aliphatic rings. The van der Waals surface area contributed by atoms with Crippen LogP contribution in [0.25, 0.3) is 0 Å². The van der Waals surface area contributed by atoms with E-state index >= 15 is 0 Å². The van der Waals surface area contributed by atoms with Crippen LogP contribution >= 0.6 is 0 Å². The second-order valence-electron chi connectivity index (χ2n) is 4.58. The van der Waals surface area contributed by atoms with Crippen molar-refractivity contribution in [1.82, 2.24) is 0 Å². The Kier molecular flexibility index (Phi) is 4.08. The van der Waals surface area contributed by atoms with E-state index in [1.165, 1.54) is 0 Å². The molecule has 3 aromatic carbocycles. The molecule has 0 aromatic heterocycles. The molecule has 0 unspecified atom stereocenters. The van der Waals surface area contributed by atoms with Gasteiger partial charge in [-0.2, -0.15) is 0 Å². The lowest BCUT2D eigenvalue weighted by atomic mass is 10.2. The molecule has 2 nitrogen and oxygen atoms in total. The summed E-state index contributed by atoms with van der Waals surface area (Å²) in [6.45, 7) is 0. The second-order valence-corrected chi connectivity index (χ2v) is 4.58. The minimum Gasteiger partial charge on any atom is -0.457 e. The molecule has 0 N–H and O–H groups in total. The fourth-order valence-corrected chi connectivity index (χ4v) is 1.95. The summed E-state index contributed by atoms with van der Waals surface area (Å²) in [5.74, 6) is 1.63. The fourth-order valence-electron chi connectivity index (χ4n) is 1.95. The molecule has 0 bridgehead atoms. The highest BCUT2D eigenvalue weighted by molar-refractivity contribution is 5.82. The van der Waals surface area contributed by atoms with Gasteiger partial charge < -0.3 is 4.74 Å². The quantitative estimate of drug-likeness (QED) is 0.596. The van der Waals surface area contributed by atoms with Crippen LogP contribution in [0.15, 0.2) is 89.9 Å². The molecular weight excluding hydrogens is 258 g/mol. The summed E-state index contributed by atoms with van der Waals surface area (Å²) < 4.78 is 5.81. The van der Waals surface area contributed by atoms with Crippen molar-refractivity contribution >= 4 is 11.9 Å². The number of rotatable bonds is 4. The highest BCUT2D eigenvalue weighted by Crippen LogP contribution is 2.21. The smallest absolute Gasteiger partial charge is 0.128 e. The van der Waals surface area contributed by atoms with Crippen LogP contribution in [0.2, 0.25) is 0 Å². The summed E-state index contributed by atoms with van der Waals surface area (Å²) in [5, 5.41) is 0. The van der Waals surface area contributed by atoms with E-state index in [0.717, 1.165) is 22.7 Å². The molecule has 0 atom stereocenters. The minimum atomic E-state index is 0.804. The van der Waals surface area contributed by atoms with Crippen LogP contribution in [0.3, 0.4) is 0 Å². The standard InChI is InChI=1S/C19H15NO/c1-3-9-17(10-4-1)20-15-16-8-7-13-19(14-16)21-18-11-5-2-6-12-18/h1-15H. The maximum Gasteiger partial charge on any atom is 0.128 e. The molecule has 3 rings (SSSR count). The van der Waals surface area contributed by atoms with E-state index in [1.54, 1.807) is 0 Å². The van der Waals surface area contributed by atoms with Gasteiger partial charge in [0.25, 0.3) is 0 Å². The van der Waals surface area contributed by atoms with Gasteiger partial charge >= 0.3 is 0 Å². The minimum absolute atomic E-state index is 0.804. The Bertz CT molecular complexity index is 721. The molecule has 0 fully saturated rings. The third-order valence-electron chi connectivity index (χ3n) is 2.96. The number of aliphatic imine (C=N–C) groups is 1. The summed E-state index contributed by atoms with van der Waals surface area (Å²) in [5.41, 5.74) is 1.94. The van der Waals surface area contributed by atoms with Crippen molar-refractivity contribution in [2.45, 2.75) is 0 Å². The summed E-state index contributed by atoms with van der Waals surface area (Å²) in [4.78, 5) is 4.44. The normalized spacial score (nSPS) is 10.7. The maximum absolute atomic E-state index is 5.81. The lowest BCUT2D eigenvalue weighted by Gasteiger charge is -2.05. The van der Waals surface area contributed by atoms with Crippen molar-refractivity contribution in [3.05, 3.63) is 90.5 Å². The number of para-hydroxylation sites is 2. The Morgan fingerprint density at radius 2 is 1.33 bits per heavy atom. The zero-order valence-electron chi connectivity index (χ0n) is 11.5. The van der Waals surface area contributed by atoms with E-state index < -0.39 is 0 Å². The van der Waals surface area contributed by atoms with Crippen molar-refractivity contribution in [2.24, 2.45) is 4.99 Å². The van der Waals surface area contributed by atoms with Gasteiger partial charge in [0.15, 0.2) is 0 Å². The van der Waals surface area contributed by atoms with Crippen LogP contribution < -0.4 is 4.74 Å². The van der Waals surface area contributed by atoms with Gasteiger partial charge in [-0.05, 0) is 42.0 Å². The third kappa shape index (κ3) is 3.80. The summed E-state index contributed by atoms with van der Waals surface area (Å²) in [6, 6.07) is 27.5. The van der Waals surface area contributed by atoms with Crippen molar-refractivity contribution in [3.63, 3.8) is 0 Å². The van der Waals surface area contributed by atoms with Crippen molar-refractivity contribution < 1.29 is 4.74 Å². The van der Waals surface area contributed by atoms with Gasteiger partial charge in [-0.1, -0.05) is 48.5 Å². The van der Waals surface area contributed by atoms with E-state index in [1.807, 2.05) is 91.1 Å². The van der Waals surface area contributed by atoms with Crippen LogP contribution in [0.5, 0.6) is 11.5 Å². The number of hydrogen-bond donors (Lipinski definition) is 0. The zero-order valence-corrected chi connectivity index (χ0v) is 11.5. The van der Waals surface area contributed by atoms with Crippen LogP contribution in [0, 0.1) is 0 Å². The molecule has 2 heteroatoms. The summed E-state index contributed by atoms with van der Waals surface area (Å²) in [6.07, 6.45) is 1.84. The SMILES string of the molecule is C(=Nc1ccccc1)c1cccc(Oc2ccccc2)c1. The molecule has 21 heavy (non-hydrogen) atoms. The van der Waals surface area contributed by atoms with E-state index in [4.69, 9.17) is 4.74 Å². The van der Waals surface area contributed by atoms with Gasteiger partial charge in [0, 0.05) is 6.21 Å². The molecule has 102 valence electrons. The summed E-state index contributed by atoms with van der Waals surface area (Å²) in [7, 11) is 0. The van der Waals surface area contributed by atoms with Crippen molar-refractivity contribution in [3.8, 4) is 11.5 Å². The Morgan fingerprint density at radius 3 is 2.10 bits per heavy atom. The molecule has 0 radical (unpaired) electrons. The highest BCUT2D eigenvalue weighted by atomic mass is 16.5. The molecule has 0 saturated heterocycles. The van der Waals surface area contributed by atoms with E-state index in [-0.39, 0.29) is 0 Å². The average Bonchev–Trinajstić information content (AvgIpc) is 2.55. The monoisotopic (exact) mass is 273 g/mol. The fraction of sp³-hybridized carbons (Fsp3) is 0. The number of benzene rings is 3. The zero-order chi connectivity index (χ0) is 14.3. The van der Waals surface area contributed by atoms with Gasteiger partial charge in [-0.15, -0.1) is 0 Å². The lowest BCUT2D eigenvalue weighted by Crippen LogP contribution is -1.86. The molecule has 0 aliphatic carbocycles. The molecule has 3 aromatic rings. The molecule has 0 aliphatic heterocycles. The molecule has 0 saturated carbocycles. The van der Waals surface area contributed by atoms with Crippen LogP contribution in [-0.4, -0.2) is 6.21 Å². The Balaban J connectivity index is 1.76. The number of hydrogen-bond acceptors (Lipinski definition) is 2. The maximum atomic E-state index is 5.81. The van der Waals surface area contributed by atoms with E-state index in [2.05, 4.69) is 4.99 Å². The predicted molar refractivity (Wildman–Crippen MR) is 86.7 cm³/mol. The molecule has 0 spiro atoms. The van der Waals surface area contributed by atoms with Gasteiger partial charge in [0.1, 0.15) is 11.5 Å². The van der Waals surface area contributed by atoms with Gasteiger partial charge in [-0.25, -0.2) is 0 Å².